The van der Waals surface area contributed by atoms with Crippen molar-refractivity contribution in [3.8, 4) is 23.5 Å². The lowest BCUT2D eigenvalue weighted by Gasteiger charge is -2.33. The van der Waals surface area contributed by atoms with Gasteiger partial charge in [0.2, 0.25) is 5.88 Å². The van der Waals surface area contributed by atoms with E-state index in [9.17, 15) is 5.26 Å². The van der Waals surface area contributed by atoms with Gasteiger partial charge in [-0.25, -0.2) is 4.98 Å². The highest BCUT2D eigenvalue weighted by Gasteiger charge is 2.49. The van der Waals surface area contributed by atoms with Gasteiger partial charge in [0.25, 0.3) is 0 Å². The van der Waals surface area contributed by atoms with Gasteiger partial charge in [-0.3, -0.25) is 4.90 Å². The largest absolute Gasteiger partial charge is 0.473 e. The molecule has 10 nitrogen and oxygen atoms in total. The molecule has 1 aromatic carbocycles. The lowest BCUT2D eigenvalue weighted by Crippen LogP contribution is -2.38. The number of hydrogen-bond acceptors (Lipinski definition) is 10. The van der Waals surface area contributed by atoms with Gasteiger partial charge in [-0.1, -0.05) is 11.2 Å². The van der Waals surface area contributed by atoms with Crippen molar-refractivity contribution in [1.29, 1.82) is 5.26 Å². The predicted octanol–water partition coefficient (Wildman–Crippen LogP) is 4.24. The normalized spacial score (nSPS) is 24.7. The Morgan fingerprint density at radius 2 is 2.02 bits per heavy atom. The molecule has 2 N–H and O–H groups in total. The third-order valence-electron chi connectivity index (χ3n) is 9.86. The van der Waals surface area contributed by atoms with E-state index in [1.807, 2.05) is 12.1 Å². The first-order chi connectivity index (χ1) is 20.5. The second kappa shape index (κ2) is 10.9. The summed E-state index contributed by atoms with van der Waals surface area (Å²) in [6.45, 7) is 6.23. The van der Waals surface area contributed by atoms with Crippen molar-refractivity contribution in [3.05, 3.63) is 46.2 Å². The molecule has 2 aliphatic heterocycles. The Labute approximate surface area is 246 Å². The second-order valence-corrected chi connectivity index (χ2v) is 12.3. The number of nitrogens with zero attached hydrogens (tertiary/aromatic N) is 6. The summed E-state index contributed by atoms with van der Waals surface area (Å²) in [5.74, 6) is 2.74. The van der Waals surface area contributed by atoms with E-state index in [0.717, 1.165) is 93.9 Å². The topological polar surface area (TPSA) is 127 Å². The van der Waals surface area contributed by atoms with Crippen LogP contribution in [0, 0.1) is 11.3 Å². The molecule has 2 fully saturated rings. The molecular weight excluding hydrogens is 530 g/mol. The van der Waals surface area contributed by atoms with Crippen molar-refractivity contribution in [3.63, 3.8) is 0 Å². The Balaban J connectivity index is 1.31. The maximum absolute atomic E-state index is 10.1. The number of nitrogen functional groups attached to an aromatic ring is 1. The van der Waals surface area contributed by atoms with Crippen LogP contribution >= 0.6 is 0 Å². The molecule has 0 radical (unpaired) electrons. The van der Waals surface area contributed by atoms with Gasteiger partial charge in [-0.05, 0) is 89.1 Å². The van der Waals surface area contributed by atoms with Crippen LogP contribution in [-0.4, -0.2) is 72.1 Å². The summed E-state index contributed by atoms with van der Waals surface area (Å²) in [6.07, 6.45) is 7.64. The van der Waals surface area contributed by atoms with Crippen molar-refractivity contribution in [1.82, 2.24) is 20.0 Å². The van der Waals surface area contributed by atoms with Gasteiger partial charge in [0.15, 0.2) is 17.3 Å². The van der Waals surface area contributed by atoms with Crippen molar-refractivity contribution >= 4 is 11.5 Å². The highest BCUT2D eigenvalue weighted by Crippen LogP contribution is 2.54. The van der Waals surface area contributed by atoms with E-state index < -0.39 is 5.41 Å². The number of ether oxygens (including phenoxy) is 2. The molecule has 4 heterocycles. The van der Waals surface area contributed by atoms with Crippen molar-refractivity contribution in [2.24, 2.45) is 0 Å². The first kappa shape index (κ1) is 27.2. The third kappa shape index (κ3) is 4.50. The first-order valence-corrected chi connectivity index (χ1v) is 15.4. The standard InChI is InChI=1S/C32H39N7O3/c1-20(25-7-4-13-38(25)2)41-27-18-26(39-14-5-16-40-17-15-39)35-31(36-27)29-22-6-3-11-32(30(22)42-37-29)12-10-21-8-9-24(34)23(19-33)28(21)32/h8-9,18,20,25H,3-7,10-17,34H2,1-2H3/t20-,25-,32-/m0/s1. The van der Waals surface area contributed by atoms with Gasteiger partial charge in [-0.15, -0.1) is 0 Å². The van der Waals surface area contributed by atoms with Gasteiger partial charge in [-0.2, -0.15) is 10.2 Å². The van der Waals surface area contributed by atoms with E-state index in [1.54, 1.807) is 0 Å². The molecule has 2 aliphatic carbocycles. The monoisotopic (exact) mass is 569 g/mol. The van der Waals surface area contributed by atoms with Gasteiger partial charge in [0.1, 0.15) is 18.0 Å². The molecule has 10 heteroatoms. The molecule has 0 bridgehead atoms. The van der Waals surface area contributed by atoms with E-state index in [0.29, 0.717) is 41.3 Å². The number of aryl methyl sites for hydroxylation is 1. The van der Waals surface area contributed by atoms with E-state index in [4.69, 9.17) is 29.7 Å². The van der Waals surface area contributed by atoms with E-state index in [-0.39, 0.29) is 6.10 Å². The molecule has 4 aliphatic rings. The fraction of sp³-hybridized carbons (Fsp3) is 0.562. The number of nitriles is 1. The van der Waals surface area contributed by atoms with Crippen molar-refractivity contribution in [2.75, 3.05) is 50.5 Å². The first-order valence-electron chi connectivity index (χ1n) is 15.4. The lowest BCUT2D eigenvalue weighted by molar-refractivity contribution is 0.117. The molecule has 220 valence electrons. The predicted molar refractivity (Wildman–Crippen MR) is 159 cm³/mol. The molecule has 3 aromatic rings. The minimum atomic E-state index is -0.407. The number of rotatable bonds is 5. The number of likely N-dealkylation sites (tertiary alicyclic amines) is 1. The van der Waals surface area contributed by atoms with Crippen LogP contribution in [0.15, 0.2) is 22.7 Å². The molecule has 7 rings (SSSR count). The van der Waals surface area contributed by atoms with Crippen LogP contribution < -0.4 is 15.4 Å². The lowest BCUT2D eigenvalue weighted by atomic mass is 9.68. The number of fused-ring (bicyclic) bond motifs is 4. The van der Waals surface area contributed by atoms with E-state index in [1.165, 1.54) is 12.0 Å². The molecule has 2 aromatic heterocycles. The maximum Gasteiger partial charge on any atom is 0.219 e. The summed E-state index contributed by atoms with van der Waals surface area (Å²) in [7, 11) is 2.16. The zero-order valence-corrected chi connectivity index (χ0v) is 24.6. The number of anilines is 2. The van der Waals surface area contributed by atoms with Crippen LogP contribution in [0.5, 0.6) is 5.88 Å². The highest BCUT2D eigenvalue weighted by molar-refractivity contribution is 5.68. The van der Waals surface area contributed by atoms with Gasteiger partial charge in [0.05, 0.1) is 17.6 Å². The third-order valence-corrected chi connectivity index (χ3v) is 9.86. The van der Waals surface area contributed by atoms with Crippen molar-refractivity contribution < 1.29 is 14.0 Å². The molecule has 2 saturated heterocycles. The Bertz CT molecular complexity index is 1520. The van der Waals surface area contributed by atoms with Crippen LogP contribution in [0.1, 0.15) is 73.5 Å². The van der Waals surface area contributed by atoms with Gasteiger partial charge in [0, 0.05) is 43.1 Å². The number of aromatic nitrogens is 3. The second-order valence-electron chi connectivity index (χ2n) is 12.3. The zero-order chi connectivity index (χ0) is 28.8. The molecule has 0 unspecified atom stereocenters. The molecule has 1 spiro atoms. The Hall–Kier alpha value is -3.68. The van der Waals surface area contributed by atoms with Crippen LogP contribution in [-0.2, 0) is 23.0 Å². The Kier molecular flexibility index (Phi) is 7.03. The average molecular weight is 570 g/mol. The van der Waals surface area contributed by atoms with Crippen LogP contribution in [0.2, 0.25) is 0 Å². The fourth-order valence-electron chi connectivity index (χ4n) is 7.78. The molecule has 42 heavy (non-hydrogen) atoms. The Morgan fingerprint density at radius 1 is 1.12 bits per heavy atom. The van der Waals surface area contributed by atoms with E-state index in [2.05, 4.69) is 41.1 Å². The Morgan fingerprint density at radius 3 is 2.86 bits per heavy atom. The van der Waals surface area contributed by atoms with Crippen molar-refractivity contribution in [2.45, 2.75) is 75.9 Å². The molecule has 0 amide bonds. The summed E-state index contributed by atoms with van der Waals surface area (Å²) in [5.41, 5.74) is 10.9. The highest BCUT2D eigenvalue weighted by atomic mass is 16.5. The summed E-state index contributed by atoms with van der Waals surface area (Å²) in [5, 5.41) is 14.7. The van der Waals surface area contributed by atoms with Crippen LogP contribution in [0.4, 0.5) is 11.5 Å². The summed E-state index contributed by atoms with van der Waals surface area (Å²) in [6, 6.07) is 8.62. The summed E-state index contributed by atoms with van der Waals surface area (Å²) < 4.78 is 18.5. The SMILES string of the molecule is C[C@H](Oc1cc(N2CCCOCC2)nc(-c2noc3c2CCC[C@@]32CCc3ccc(N)c(C#N)c32)n1)[C@@H]1CCCN1C. The minimum absolute atomic E-state index is 0.0140. The maximum atomic E-state index is 10.1. The fourth-order valence-corrected chi connectivity index (χ4v) is 7.78. The number of hydrogen-bond donors (Lipinski definition) is 1. The number of likely N-dealkylation sites (N-methyl/N-ethyl adjacent to an activating group) is 1. The number of nitrogens with two attached hydrogens (primary N) is 1. The quantitative estimate of drug-likeness (QED) is 0.446. The van der Waals surface area contributed by atoms with Gasteiger partial charge >= 0.3 is 0 Å². The minimum Gasteiger partial charge on any atom is -0.473 e. The molecule has 0 saturated carbocycles. The summed E-state index contributed by atoms with van der Waals surface area (Å²) in [4.78, 5) is 14.6. The molecule has 3 atom stereocenters. The number of benzene rings is 1. The van der Waals surface area contributed by atoms with Crippen LogP contribution in [0.3, 0.4) is 0 Å². The zero-order valence-electron chi connectivity index (χ0n) is 24.6. The summed E-state index contributed by atoms with van der Waals surface area (Å²) >= 11 is 0. The smallest absolute Gasteiger partial charge is 0.219 e. The van der Waals surface area contributed by atoms with E-state index >= 15 is 0 Å². The van der Waals surface area contributed by atoms with Crippen LogP contribution in [0.25, 0.3) is 11.5 Å². The van der Waals surface area contributed by atoms with Gasteiger partial charge < -0.3 is 24.6 Å². The molecular formula is C32H39N7O3. The average Bonchev–Trinajstić information content (AvgIpc) is 3.65.